The highest BCUT2D eigenvalue weighted by atomic mass is 16.7. The zero-order chi connectivity index (χ0) is 13.7. The van der Waals surface area contributed by atoms with Gasteiger partial charge in [0.15, 0.2) is 0 Å². The summed E-state index contributed by atoms with van der Waals surface area (Å²) < 4.78 is 10.5. The lowest BCUT2D eigenvalue weighted by atomic mass is 9.91. The first-order valence-corrected chi connectivity index (χ1v) is 5.62. The lowest BCUT2D eigenvalue weighted by Crippen LogP contribution is -2.45. The fourth-order valence-electron chi connectivity index (χ4n) is 1.66. The van der Waals surface area contributed by atoms with Crippen molar-refractivity contribution in [2.45, 2.75) is 38.8 Å². The standard InChI is InChI=1S/C9H18BNO7.CH4/c1-5(14)11-4-10-17-7(3-13)9(18-10)8(16)6(15)2-12;/h6-9,12-13,15-16H,2-4H2,1H3,(H,11,14);1H4. The van der Waals surface area contributed by atoms with Crippen molar-refractivity contribution in [1.29, 1.82) is 0 Å². The number of amides is 1. The molecule has 0 aliphatic carbocycles. The molecule has 0 aromatic rings. The van der Waals surface area contributed by atoms with Gasteiger partial charge >= 0.3 is 7.12 Å². The summed E-state index contributed by atoms with van der Waals surface area (Å²) in [5.41, 5.74) is 0. The van der Waals surface area contributed by atoms with Crippen LogP contribution in [-0.4, -0.2) is 77.5 Å². The molecule has 1 amide bonds. The van der Waals surface area contributed by atoms with Crippen molar-refractivity contribution in [2.24, 2.45) is 0 Å². The van der Waals surface area contributed by atoms with Crippen LogP contribution in [0.15, 0.2) is 0 Å². The quantitative estimate of drug-likeness (QED) is 0.334. The third-order valence-corrected chi connectivity index (χ3v) is 2.62. The Balaban J connectivity index is 0.00000324. The summed E-state index contributed by atoms with van der Waals surface area (Å²) in [6.45, 7) is 0.298. The van der Waals surface area contributed by atoms with Crippen molar-refractivity contribution in [1.82, 2.24) is 5.32 Å². The SMILES string of the molecule is C.CC(=O)NCB1OC(CO)C(C(O)C(O)CO)O1. The van der Waals surface area contributed by atoms with E-state index in [9.17, 15) is 15.0 Å². The van der Waals surface area contributed by atoms with Gasteiger partial charge in [0, 0.05) is 6.92 Å². The third-order valence-electron chi connectivity index (χ3n) is 2.62. The number of nitrogens with one attached hydrogen (secondary N) is 1. The maximum Gasteiger partial charge on any atom is 0.478 e. The maximum atomic E-state index is 10.7. The maximum absolute atomic E-state index is 10.7. The molecule has 0 aromatic carbocycles. The van der Waals surface area contributed by atoms with Gasteiger partial charge in [0.25, 0.3) is 0 Å². The molecule has 0 radical (unpaired) electrons. The van der Waals surface area contributed by atoms with Crippen molar-refractivity contribution < 1.29 is 34.5 Å². The summed E-state index contributed by atoms with van der Waals surface area (Å²) in [6.07, 6.45) is -4.47. The molecule has 4 atom stereocenters. The monoisotopic (exact) mass is 279 g/mol. The molecule has 8 nitrogen and oxygen atoms in total. The molecule has 1 aliphatic heterocycles. The van der Waals surface area contributed by atoms with E-state index >= 15 is 0 Å². The zero-order valence-corrected chi connectivity index (χ0v) is 10.0. The number of hydrogen-bond acceptors (Lipinski definition) is 7. The van der Waals surface area contributed by atoms with Crippen LogP contribution >= 0.6 is 0 Å². The minimum atomic E-state index is -1.38. The summed E-state index contributed by atoms with van der Waals surface area (Å²) in [4.78, 5) is 10.7. The zero-order valence-electron chi connectivity index (χ0n) is 10.0. The smallest absolute Gasteiger partial charge is 0.402 e. The summed E-state index contributed by atoms with van der Waals surface area (Å²) in [5.74, 6) is -0.262. The Morgan fingerprint density at radius 2 is 2.00 bits per heavy atom. The van der Waals surface area contributed by atoms with E-state index in [1.54, 1.807) is 0 Å². The molecule has 1 saturated heterocycles. The predicted octanol–water partition coefficient (Wildman–Crippen LogP) is -2.72. The van der Waals surface area contributed by atoms with Crippen LogP contribution < -0.4 is 5.32 Å². The molecular formula is C10H22BNO7. The van der Waals surface area contributed by atoms with Gasteiger partial charge < -0.3 is 35.1 Å². The lowest BCUT2D eigenvalue weighted by Gasteiger charge is -2.25. The predicted molar refractivity (Wildman–Crippen MR) is 67.1 cm³/mol. The fraction of sp³-hybridized carbons (Fsp3) is 0.900. The highest BCUT2D eigenvalue weighted by Crippen LogP contribution is 2.21. The van der Waals surface area contributed by atoms with Crippen LogP contribution in [0.2, 0.25) is 0 Å². The van der Waals surface area contributed by atoms with Crippen molar-refractivity contribution in [3.05, 3.63) is 0 Å². The molecule has 5 N–H and O–H groups in total. The first kappa shape index (κ1) is 18.3. The fourth-order valence-corrected chi connectivity index (χ4v) is 1.66. The van der Waals surface area contributed by atoms with Crippen LogP contribution in [-0.2, 0) is 14.1 Å². The van der Waals surface area contributed by atoms with Gasteiger partial charge in [-0.1, -0.05) is 7.43 Å². The highest BCUT2D eigenvalue weighted by molar-refractivity contribution is 6.45. The largest absolute Gasteiger partial charge is 0.478 e. The van der Waals surface area contributed by atoms with Gasteiger partial charge in [-0.15, -0.1) is 0 Å². The molecule has 1 rings (SSSR count). The number of carbonyl (C=O) groups excluding carboxylic acids is 1. The third kappa shape index (κ3) is 5.05. The topological polar surface area (TPSA) is 128 Å². The average molecular weight is 279 g/mol. The number of aliphatic hydroxyl groups is 4. The second-order valence-electron chi connectivity index (χ2n) is 4.06. The molecule has 0 saturated carbocycles. The van der Waals surface area contributed by atoms with E-state index < -0.39 is 44.7 Å². The molecule has 0 aromatic heterocycles. The summed E-state index contributed by atoms with van der Waals surface area (Å²) in [6, 6.07) is 0. The van der Waals surface area contributed by atoms with Crippen LogP contribution in [0, 0.1) is 0 Å². The summed E-state index contributed by atoms with van der Waals surface area (Å²) in [7, 11) is -0.809. The first-order valence-electron chi connectivity index (χ1n) is 5.62. The van der Waals surface area contributed by atoms with Gasteiger partial charge in [0.05, 0.1) is 31.9 Å². The van der Waals surface area contributed by atoms with E-state index in [4.69, 9.17) is 19.5 Å². The van der Waals surface area contributed by atoms with Crippen LogP contribution in [0.5, 0.6) is 0 Å². The van der Waals surface area contributed by atoms with Gasteiger partial charge in [0.2, 0.25) is 5.91 Å². The van der Waals surface area contributed by atoms with Gasteiger partial charge in [-0.2, -0.15) is 0 Å². The van der Waals surface area contributed by atoms with Gasteiger partial charge in [0.1, 0.15) is 12.2 Å². The lowest BCUT2D eigenvalue weighted by molar-refractivity contribution is -0.118. The van der Waals surface area contributed by atoms with Gasteiger partial charge in [-0.3, -0.25) is 4.79 Å². The molecule has 0 bridgehead atoms. The van der Waals surface area contributed by atoms with Crippen molar-refractivity contribution in [3.8, 4) is 0 Å². The van der Waals surface area contributed by atoms with Crippen LogP contribution in [0.4, 0.5) is 0 Å². The highest BCUT2D eigenvalue weighted by Gasteiger charge is 2.44. The summed E-state index contributed by atoms with van der Waals surface area (Å²) >= 11 is 0. The minimum Gasteiger partial charge on any atom is -0.402 e. The van der Waals surface area contributed by atoms with E-state index in [0.717, 1.165) is 0 Å². The number of aliphatic hydroxyl groups excluding tert-OH is 4. The van der Waals surface area contributed by atoms with Crippen LogP contribution in [0.25, 0.3) is 0 Å². The van der Waals surface area contributed by atoms with Crippen molar-refractivity contribution >= 4 is 13.0 Å². The van der Waals surface area contributed by atoms with E-state index in [1.807, 2.05) is 0 Å². The molecule has 1 aliphatic rings. The molecule has 19 heavy (non-hydrogen) atoms. The Kier molecular flexibility index (Phi) is 8.15. The van der Waals surface area contributed by atoms with Crippen LogP contribution in [0.3, 0.4) is 0 Å². The Morgan fingerprint density at radius 1 is 1.37 bits per heavy atom. The summed E-state index contributed by atoms with van der Waals surface area (Å²) in [5, 5.41) is 39.3. The molecule has 4 unspecified atom stereocenters. The van der Waals surface area contributed by atoms with E-state index in [2.05, 4.69) is 5.32 Å². The number of hydrogen-bond donors (Lipinski definition) is 5. The number of carbonyl (C=O) groups is 1. The van der Waals surface area contributed by atoms with Crippen molar-refractivity contribution in [3.63, 3.8) is 0 Å². The molecule has 0 spiro atoms. The van der Waals surface area contributed by atoms with Gasteiger partial charge in [-0.05, 0) is 0 Å². The second-order valence-corrected chi connectivity index (χ2v) is 4.06. The Labute approximate surface area is 112 Å². The molecule has 1 heterocycles. The Hall–Kier alpha value is -0.705. The normalized spacial score (nSPS) is 25.6. The first-order chi connectivity index (χ1) is 8.49. The van der Waals surface area contributed by atoms with E-state index in [1.165, 1.54) is 6.92 Å². The minimum absolute atomic E-state index is 0. The molecule has 112 valence electrons. The molecular weight excluding hydrogens is 257 g/mol. The average Bonchev–Trinajstić information content (AvgIpc) is 2.77. The van der Waals surface area contributed by atoms with Crippen LogP contribution in [0.1, 0.15) is 14.4 Å². The van der Waals surface area contributed by atoms with E-state index in [-0.39, 0.29) is 19.8 Å². The molecule has 9 heteroatoms. The van der Waals surface area contributed by atoms with E-state index in [0.29, 0.717) is 0 Å². The Bertz CT molecular complexity index is 281. The molecule has 1 fully saturated rings. The Morgan fingerprint density at radius 3 is 2.47 bits per heavy atom. The second kappa shape index (κ2) is 8.46. The number of rotatable bonds is 6. The van der Waals surface area contributed by atoms with Crippen molar-refractivity contribution in [2.75, 3.05) is 19.7 Å². The van der Waals surface area contributed by atoms with Gasteiger partial charge in [-0.25, -0.2) is 0 Å².